The van der Waals surface area contributed by atoms with Crippen molar-refractivity contribution in [1.82, 2.24) is 9.13 Å². The molecule has 0 radical (unpaired) electrons. The maximum Gasteiger partial charge on any atom is 0.355 e. The summed E-state index contributed by atoms with van der Waals surface area (Å²) in [6, 6.07) is 0. The zero-order valence-electron chi connectivity index (χ0n) is 19.0. The topological polar surface area (TPSA) is 149 Å². The highest BCUT2D eigenvalue weighted by atomic mass is 16.5. The van der Waals surface area contributed by atoms with Crippen LogP contribution in [0.1, 0.15) is 33.3 Å². The first-order valence-electron chi connectivity index (χ1n) is 10.1. The number of carbonyl (C=O) groups excluding carboxylic acids is 4. The highest BCUT2D eigenvalue weighted by molar-refractivity contribution is 6.16. The SMILES string of the molecule is CCOC(=O)/C=C(/C(=O)OCC)n1c(=O)c(C)cn(/C(=C/C(=O)OCC)C(=O)OCC)c1=O. The minimum Gasteiger partial charge on any atom is -0.463 e. The van der Waals surface area contributed by atoms with Crippen molar-refractivity contribution in [3.8, 4) is 0 Å². The van der Waals surface area contributed by atoms with Gasteiger partial charge in [-0.05, 0) is 34.6 Å². The van der Waals surface area contributed by atoms with Gasteiger partial charge in [-0.1, -0.05) is 0 Å². The molecule has 1 heterocycles. The minimum atomic E-state index is -1.24. The van der Waals surface area contributed by atoms with Crippen LogP contribution in [0.3, 0.4) is 0 Å². The Morgan fingerprint density at radius 1 is 0.758 bits per heavy atom. The lowest BCUT2D eigenvalue weighted by Crippen LogP contribution is -2.43. The standard InChI is InChI=1S/C21H26N2O10/c1-6-30-16(24)10-14(19(27)32-8-3)22-12-13(5)18(26)23(21(22)29)15(20(28)33-9-4)11-17(25)31-7-2/h10-12H,6-9H2,1-5H3/b14-10+,15-11-. The Labute approximate surface area is 189 Å². The molecule has 0 atom stereocenters. The summed E-state index contributed by atoms with van der Waals surface area (Å²) in [6.07, 6.45) is 2.35. The van der Waals surface area contributed by atoms with Gasteiger partial charge in [0, 0.05) is 11.8 Å². The number of esters is 4. The number of nitrogens with zero attached hydrogens (tertiary/aromatic N) is 2. The third-order valence-corrected chi connectivity index (χ3v) is 3.81. The third-order valence-electron chi connectivity index (χ3n) is 3.81. The molecule has 0 spiro atoms. The van der Waals surface area contributed by atoms with E-state index in [-0.39, 0.29) is 32.0 Å². The Kier molecular flexibility index (Phi) is 10.5. The van der Waals surface area contributed by atoms with Gasteiger partial charge >= 0.3 is 29.6 Å². The van der Waals surface area contributed by atoms with E-state index in [0.717, 1.165) is 12.3 Å². The molecule has 0 N–H and O–H groups in total. The summed E-state index contributed by atoms with van der Waals surface area (Å²) >= 11 is 0. The van der Waals surface area contributed by atoms with Gasteiger partial charge in [0.1, 0.15) is 11.4 Å². The summed E-state index contributed by atoms with van der Waals surface area (Å²) < 4.78 is 20.3. The molecule has 12 heteroatoms. The maximum atomic E-state index is 13.2. The van der Waals surface area contributed by atoms with Gasteiger partial charge in [-0.3, -0.25) is 9.36 Å². The molecule has 0 aliphatic heterocycles. The third kappa shape index (κ3) is 7.02. The van der Waals surface area contributed by atoms with Crippen LogP contribution in [-0.2, 0) is 38.1 Å². The highest BCUT2D eigenvalue weighted by Crippen LogP contribution is 2.09. The Bertz CT molecular complexity index is 1090. The van der Waals surface area contributed by atoms with Gasteiger partial charge in [0.2, 0.25) is 0 Å². The smallest absolute Gasteiger partial charge is 0.355 e. The Hall–Kier alpha value is -3.96. The number of aromatic nitrogens is 2. The molecule has 1 aromatic rings. The van der Waals surface area contributed by atoms with Gasteiger partial charge in [0.25, 0.3) is 5.56 Å². The molecule has 0 aliphatic rings. The second kappa shape index (κ2) is 12.8. The van der Waals surface area contributed by atoms with Crippen LogP contribution < -0.4 is 11.2 Å². The molecule has 0 bridgehead atoms. The molecule has 0 amide bonds. The lowest BCUT2D eigenvalue weighted by atomic mass is 10.3. The molecule has 0 saturated carbocycles. The van der Waals surface area contributed by atoms with Crippen molar-refractivity contribution in [3.63, 3.8) is 0 Å². The average Bonchev–Trinajstić information content (AvgIpc) is 2.75. The van der Waals surface area contributed by atoms with Crippen molar-refractivity contribution < 1.29 is 38.1 Å². The molecule has 180 valence electrons. The predicted molar refractivity (Wildman–Crippen MR) is 115 cm³/mol. The van der Waals surface area contributed by atoms with E-state index in [2.05, 4.69) is 0 Å². The van der Waals surface area contributed by atoms with Crippen LogP contribution in [-0.4, -0.2) is 59.4 Å². The van der Waals surface area contributed by atoms with Crippen molar-refractivity contribution in [3.05, 3.63) is 44.8 Å². The monoisotopic (exact) mass is 466 g/mol. The maximum absolute atomic E-state index is 13.2. The number of rotatable bonds is 10. The van der Waals surface area contributed by atoms with E-state index in [1.54, 1.807) is 0 Å². The normalized spacial score (nSPS) is 11.5. The summed E-state index contributed by atoms with van der Waals surface area (Å²) in [4.78, 5) is 75.0. The van der Waals surface area contributed by atoms with Gasteiger partial charge < -0.3 is 18.9 Å². The molecule has 1 aromatic heterocycles. The Balaban J connectivity index is 3.95. The van der Waals surface area contributed by atoms with E-state index < -0.39 is 46.5 Å². The van der Waals surface area contributed by atoms with E-state index in [1.165, 1.54) is 34.6 Å². The number of ether oxygens (including phenoxy) is 4. The summed E-state index contributed by atoms with van der Waals surface area (Å²) in [5.74, 6) is -4.18. The molecule has 0 fully saturated rings. The van der Waals surface area contributed by atoms with Gasteiger partial charge in [0.05, 0.1) is 38.6 Å². The average molecular weight is 466 g/mol. The van der Waals surface area contributed by atoms with Gasteiger partial charge in [-0.15, -0.1) is 0 Å². The van der Waals surface area contributed by atoms with Gasteiger partial charge in [-0.25, -0.2) is 28.5 Å². The van der Waals surface area contributed by atoms with Crippen LogP contribution in [0.4, 0.5) is 0 Å². The zero-order valence-corrected chi connectivity index (χ0v) is 19.0. The van der Waals surface area contributed by atoms with E-state index in [4.69, 9.17) is 18.9 Å². The fraction of sp³-hybridized carbons (Fsp3) is 0.429. The summed E-state index contributed by atoms with van der Waals surface area (Å²) in [7, 11) is 0. The van der Waals surface area contributed by atoms with Crippen LogP contribution >= 0.6 is 0 Å². The number of hydrogen-bond acceptors (Lipinski definition) is 10. The minimum absolute atomic E-state index is 0.00581. The van der Waals surface area contributed by atoms with E-state index in [0.29, 0.717) is 15.2 Å². The van der Waals surface area contributed by atoms with E-state index in [1.807, 2.05) is 0 Å². The molecule has 0 unspecified atom stereocenters. The van der Waals surface area contributed by atoms with Crippen LogP contribution in [0.25, 0.3) is 11.4 Å². The molecule has 0 aromatic carbocycles. The molecule has 0 aliphatic carbocycles. The molecular weight excluding hydrogens is 440 g/mol. The van der Waals surface area contributed by atoms with Crippen molar-refractivity contribution in [1.29, 1.82) is 0 Å². The first kappa shape index (κ1) is 27.1. The molecule has 33 heavy (non-hydrogen) atoms. The first-order valence-corrected chi connectivity index (χ1v) is 10.1. The van der Waals surface area contributed by atoms with Crippen LogP contribution in [0.15, 0.2) is 27.9 Å². The van der Waals surface area contributed by atoms with Gasteiger partial charge in [0.15, 0.2) is 0 Å². The van der Waals surface area contributed by atoms with Gasteiger partial charge in [-0.2, -0.15) is 0 Å². The quantitative estimate of drug-likeness (QED) is 0.267. The van der Waals surface area contributed by atoms with E-state index >= 15 is 0 Å². The lowest BCUT2D eigenvalue weighted by Gasteiger charge is -2.15. The first-order chi connectivity index (χ1) is 15.6. The molecule has 0 saturated heterocycles. The summed E-state index contributed by atoms with van der Waals surface area (Å²) in [5, 5.41) is 0. The second-order valence-electron chi connectivity index (χ2n) is 6.11. The Morgan fingerprint density at radius 3 is 1.64 bits per heavy atom. The van der Waals surface area contributed by atoms with Crippen LogP contribution in [0.5, 0.6) is 0 Å². The number of aryl methyl sites for hydroxylation is 1. The second-order valence-corrected chi connectivity index (χ2v) is 6.11. The molecule has 12 nitrogen and oxygen atoms in total. The van der Waals surface area contributed by atoms with Crippen LogP contribution in [0.2, 0.25) is 0 Å². The van der Waals surface area contributed by atoms with Crippen molar-refractivity contribution in [2.45, 2.75) is 34.6 Å². The van der Waals surface area contributed by atoms with E-state index in [9.17, 15) is 28.8 Å². The summed E-state index contributed by atoms with van der Waals surface area (Å²) in [5.41, 5.74) is -3.61. The zero-order chi connectivity index (χ0) is 25.1. The fourth-order valence-corrected chi connectivity index (χ4v) is 2.50. The fourth-order valence-electron chi connectivity index (χ4n) is 2.50. The number of hydrogen-bond donors (Lipinski definition) is 0. The number of carbonyl (C=O) groups is 4. The van der Waals surface area contributed by atoms with Crippen molar-refractivity contribution in [2.75, 3.05) is 26.4 Å². The molecule has 1 rings (SSSR count). The highest BCUT2D eigenvalue weighted by Gasteiger charge is 2.25. The van der Waals surface area contributed by atoms with Crippen LogP contribution in [0, 0.1) is 6.92 Å². The predicted octanol–water partition coefficient (Wildman–Crippen LogP) is 0.253. The Morgan fingerprint density at radius 2 is 1.18 bits per heavy atom. The molecular formula is C21H26N2O10. The van der Waals surface area contributed by atoms with Crippen molar-refractivity contribution in [2.24, 2.45) is 0 Å². The lowest BCUT2D eigenvalue weighted by molar-refractivity contribution is -0.139. The largest absolute Gasteiger partial charge is 0.463 e. The summed E-state index contributed by atoms with van der Waals surface area (Å²) in [6.45, 7) is 7.12. The van der Waals surface area contributed by atoms with Crippen molar-refractivity contribution >= 4 is 35.3 Å².